The third-order valence-electron chi connectivity index (χ3n) is 5.67. The van der Waals surface area contributed by atoms with Crippen LogP contribution in [0.3, 0.4) is 0 Å². The zero-order chi connectivity index (χ0) is 28.4. The highest BCUT2D eigenvalue weighted by atomic mass is 127. The molecule has 4 rings (SSSR count). The van der Waals surface area contributed by atoms with Crippen LogP contribution in [0.15, 0.2) is 59.0 Å². The number of non-ortho nitro benzene ring substituents is 1. The highest BCUT2D eigenvalue weighted by Crippen LogP contribution is 2.36. The van der Waals surface area contributed by atoms with Crippen LogP contribution in [0.5, 0.6) is 5.75 Å². The van der Waals surface area contributed by atoms with Gasteiger partial charge in [0.1, 0.15) is 17.1 Å². The second-order valence-corrected chi connectivity index (χ2v) is 11.1. The SMILES string of the molecule is CC(C)c1oc2ccc(NC(=O)c3ccc([N+](=O)[O-])cc3)cc2c1C(=O)c1cc(I)c(OCC(=O)O)c(I)c1. The smallest absolute Gasteiger partial charge is 0.341 e. The van der Waals surface area contributed by atoms with Crippen LogP contribution in [-0.2, 0) is 4.79 Å². The van der Waals surface area contributed by atoms with Crippen LogP contribution in [0.1, 0.15) is 51.8 Å². The molecule has 0 bridgehead atoms. The van der Waals surface area contributed by atoms with Gasteiger partial charge in [0.15, 0.2) is 12.4 Å². The summed E-state index contributed by atoms with van der Waals surface area (Å²) in [4.78, 5) is 47.9. The number of carbonyl (C=O) groups is 3. The van der Waals surface area contributed by atoms with Crippen LogP contribution >= 0.6 is 45.2 Å². The second-order valence-electron chi connectivity index (χ2n) is 8.75. The molecule has 0 atom stereocenters. The number of carboxylic acid groups (broad SMARTS) is 1. The third-order valence-corrected chi connectivity index (χ3v) is 7.27. The number of benzene rings is 3. The Kier molecular flexibility index (Phi) is 8.54. The molecule has 10 nitrogen and oxygen atoms in total. The first-order valence-electron chi connectivity index (χ1n) is 11.5. The van der Waals surface area contributed by atoms with Gasteiger partial charge >= 0.3 is 5.97 Å². The van der Waals surface area contributed by atoms with E-state index in [-0.39, 0.29) is 23.0 Å². The molecule has 12 heteroatoms. The lowest BCUT2D eigenvalue weighted by Crippen LogP contribution is -2.12. The summed E-state index contributed by atoms with van der Waals surface area (Å²) in [5.41, 5.74) is 1.73. The van der Waals surface area contributed by atoms with Gasteiger partial charge < -0.3 is 19.6 Å². The minimum Gasteiger partial charge on any atom is -0.480 e. The summed E-state index contributed by atoms with van der Waals surface area (Å²) >= 11 is 3.99. The van der Waals surface area contributed by atoms with Gasteiger partial charge in [-0.1, -0.05) is 13.8 Å². The molecule has 2 N–H and O–H groups in total. The van der Waals surface area contributed by atoms with Crippen LogP contribution in [0.2, 0.25) is 0 Å². The van der Waals surface area contributed by atoms with Crippen LogP contribution in [-0.4, -0.2) is 34.3 Å². The number of halogens is 2. The predicted octanol–water partition coefficient (Wildman–Crippen LogP) is 6.62. The monoisotopic (exact) mass is 754 g/mol. The molecule has 1 aromatic heterocycles. The number of ketones is 1. The molecule has 0 aliphatic rings. The predicted molar refractivity (Wildman–Crippen MR) is 160 cm³/mol. The summed E-state index contributed by atoms with van der Waals surface area (Å²) in [7, 11) is 0. The van der Waals surface area contributed by atoms with Gasteiger partial charge in [0, 0.05) is 40.3 Å². The van der Waals surface area contributed by atoms with Gasteiger partial charge in [-0.15, -0.1) is 0 Å². The molecule has 0 aliphatic heterocycles. The highest BCUT2D eigenvalue weighted by molar-refractivity contribution is 14.1. The molecule has 3 aromatic carbocycles. The number of rotatable bonds is 9. The van der Waals surface area contributed by atoms with E-state index in [0.717, 1.165) is 0 Å². The average molecular weight is 754 g/mol. The quantitative estimate of drug-likeness (QED) is 0.0839. The van der Waals surface area contributed by atoms with Crippen molar-refractivity contribution in [1.29, 1.82) is 0 Å². The highest BCUT2D eigenvalue weighted by Gasteiger charge is 2.26. The summed E-state index contributed by atoms with van der Waals surface area (Å²) in [6, 6.07) is 13.5. The van der Waals surface area contributed by atoms with Crippen molar-refractivity contribution < 1.29 is 33.6 Å². The lowest BCUT2D eigenvalue weighted by atomic mass is 9.96. The average Bonchev–Trinajstić information content (AvgIpc) is 3.26. The van der Waals surface area contributed by atoms with Crippen LogP contribution < -0.4 is 10.1 Å². The molecule has 0 spiro atoms. The van der Waals surface area contributed by atoms with Gasteiger partial charge in [-0.3, -0.25) is 19.7 Å². The first-order chi connectivity index (χ1) is 18.5. The molecule has 0 saturated carbocycles. The van der Waals surface area contributed by atoms with E-state index in [0.29, 0.717) is 46.4 Å². The Hall–Kier alpha value is -3.53. The number of nitrogens with zero attached hydrogens (tertiary/aromatic N) is 1. The number of ether oxygens (including phenoxy) is 1. The van der Waals surface area contributed by atoms with Crippen LogP contribution in [0.25, 0.3) is 11.0 Å². The number of amides is 1. The minimum absolute atomic E-state index is 0.120. The summed E-state index contributed by atoms with van der Waals surface area (Å²) in [6.45, 7) is 3.31. The Balaban J connectivity index is 1.71. The van der Waals surface area contributed by atoms with Crippen molar-refractivity contribution in [3.8, 4) is 5.75 Å². The van der Waals surface area contributed by atoms with Crippen LogP contribution in [0.4, 0.5) is 11.4 Å². The van der Waals surface area contributed by atoms with E-state index in [1.165, 1.54) is 24.3 Å². The van der Waals surface area contributed by atoms with E-state index < -0.39 is 23.4 Å². The number of hydrogen-bond acceptors (Lipinski definition) is 7. The lowest BCUT2D eigenvalue weighted by molar-refractivity contribution is -0.384. The molecule has 0 radical (unpaired) electrons. The first kappa shape index (κ1) is 28.5. The van der Waals surface area contributed by atoms with Gasteiger partial charge in [-0.25, -0.2) is 4.79 Å². The molecule has 4 aromatic rings. The number of anilines is 1. The van der Waals surface area contributed by atoms with Gasteiger partial charge in [-0.2, -0.15) is 0 Å². The maximum atomic E-state index is 13.8. The molecule has 1 heterocycles. The van der Waals surface area contributed by atoms with Gasteiger partial charge in [0.05, 0.1) is 17.6 Å². The summed E-state index contributed by atoms with van der Waals surface area (Å²) in [5, 5.41) is 23.1. The molecular weight excluding hydrogens is 734 g/mol. The molecule has 0 unspecified atom stereocenters. The number of nitro groups is 1. The summed E-state index contributed by atoms with van der Waals surface area (Å²) in [5.74, 6) is -1.12. The van der Waals surface area contributed by atoms with E-state index in [1.807, 2.05) is 59.0 Å². The topological polar surface area (TPSA) is 149 Å². The maximum absolute atomic E-state index is 13.8. The van der Waals surface area contributed by atoms with Crippen molar-refractivity contribution in [2.45, 2.75) is 19.8 Å². The Morgan fingerprint density at radius 2 is 1.67 bits per heavy atom. The Morgan fingerprint density at radius 3 is 2.23 bits per heavy atom. The van der Waals surface area contributed by atoms with Crippen molar-refractivity contribution in [2.75, 3.05) is 11.9 Å². The van der Waals surface area contributed by atoms with Crippen molar-refractivity contribution in [1.82, 2.24) is 0 Å². The van der Waals surface area contributed by atoms with Gasteiger partial charge in [-0.05, 0) is 87.6 Å². The molecular formula is C27H20I2N2O8. The molecule has 0 aliphatic carbocycles. The van der Waals surface area contributed by atoms with E-state index >= 15 is 0 Å². The molecule has 200 valence electrons. The number of aliphatic carboxylic acids is 1. The van der Waals surface area contributed by atoms with E-state index in [4.69, 9.17) is 14.3 Å². The van der Waals surface area contributed by atoms with Crippen molar-refractivity contribution >= 4 is 85.2 Å². The van der Waals surface area contributed by atoms with Crippen molar-refractivity contribution in [3.63, 3.8) is 0 Å². The Labute approximate surface area is 249 Å². The number of nitro benzene ring substituents is 1. The van der Waals surface area contributed by atoms with Gasteiger partial charge in [0.25, 0.3) is 11.6 Å². The molecule has 0 fully saturated rings. The third kappa shape index (κ3) is 6.21. The fraction of sp³-hybridized carbons (Fsp3) is 0.148. The number of furan rings is 1. The Bertz CT molecular complexity index is 1600. The zero-order valence-electron chi connectivity index (χ0n) is 20.5. The van der Waals surface area contributed by atoms with Crippen molar-refractivity contribution in [2.24, 2.45) is 0 Å². The normalized spacial score (nSPS) is 11.0. The molecule has 0 saturated heterocycles. The minimum atomic E-state index is -1.11. The van der Waals surface area contributed by atoms with Gasteiger partial charge in [0.2, 0.25) is 0 Å². The number of nitrogens with one attached hydrogen (secondary N) is 1. The maximum Gasteiger partial charge on any atom is 0.341 e. The summed E-state index contributed by atoms with van der Waals surface area (Å²) in [6.07, 6.45) is 0. The second kappa shape index (κ2) is 11.7. The first-order valence-corrected chi connectivity index (χ1v) is 13.6. The van der Waals surface area contributed by atoms with E-state index in [9.17, 15) is 24.5 Å². The summed E-state index contributed by atoms with van der Waals surface area (Å²) < 4.78 is 12.6. The van der Waals surface area contributed by atoms with E-state index in [2.05, 4.69) is 5.32 Å². The molecule has 1 amide bonds. The molecule has 39 heavy (non-hydrogen) atoms. The number of carbonyl (C=O) groups excluding carboxylic acids is 2. The van der Waals surface area contributed by atoms with E-state index in [1.54, 1.807) is 30.3 Å². The standard InChI is InChI=1S/C27H20I2N2O8/c1-13(2)25-23(24(34)15-9-19(28)26(20(29)10-15)38-12-22(32)33)18-11-16(5-8-21(18)39-25)30-27(35)14-3-6-17(7-4-14)31(36)37/h3-11,13H,12H2,1-2H3,(H,30,35)(H,32,33). The fourth-order valence-corrected chi connectivity index (χ4v) is 5.96. The van der Waals surface area contributed by atoms with Crippen molar-refractivity contribution in [3.05, 3.63) is 94.3 Å². The van der Waals surface area contributed by atoms with Crippen LogP contribution in [0, 0.1) is 17.3 Å². The number of carboxylic acids is 1. The number of fused-ring (bicyclic) bond motifs is 1. The largest absolute Gasteiger partial charge is 0.480 e. The lowest BCUT2D eigenvalue weighted by Gasteiger charge is -2.11. The Morgan fingerprint density at radius 1 is 1.03 bits per heavy atom. The fourth-order valence-electron chi connectivity index (χ4n) is 3.88. The number of hydrogen-bond donors (Lipinski definition) is 2. The zero-order valence-corrected chi connectivity index (χ0v) is 24.8.